The highest BCUT2D eigenvalue weighted by atomic mass is 32.2. The Morgan fingerprint density at radius 2 is 1.59 bits per heavy atom. The van der Waals surface area contributed by atoms with Gasteiger partial charge in [-0.25, -0.2) is 8.42 Å². The van der Waals surface area contributed by atoms with Crippen molar-refractivity contribution in [2.75, 3.05) is 10.0 Å². The van der Waals surface area contributed by atoms with E-state index in [4.69, 9.17) is 0 Å². The number of pyridine rings is 2. The highest BCUT2D eigenvalue weighted by Gasteiger charge is 2.15. The number of benzene rings is 2. The average molecular weight is 404 g/mol. The van der Waals surface area contributed by atoms with Crippen molar-refractivity contribution in [3.63, 3.8) is 0 Å². The fourth-order valence-electron chi connectivity index (χ4n) is 2.78. The summed E-state index contributed by atoms with van der Waals surface area (Å²) in [6.07, 6.45) is 4.70. The van der Waals surface area contributed by atoms with Crippen LogP contribution in [0.2, 0.25) is 0 Å². The molecule has 8 heteroatoms. The molecule has 0 aliphatic heterocycles. The minimum atomic E-state index is -3.76. The van der Waals surface area contributed by atoms with Crippen LogP contribution in [0.25, 0.3) is 10.9 Å². The number of carbonyl (C=O) groups is 1. The Balaban J connectivity index is 1.50. The first-order chi connectivity index (χ1) is 14.0. The smallest absolute Gasteiger partial charge is 0.261 e. The average Bonchev–Trinajstić information content (AvgIpc) is 2.74. The van der Waals surface area contributed by atoms with Gasteiger partial charge in [-0.2, -0.15) is 0 Å². The van der Waals surface area contributed by atoms with E-state index in [1.807, 2.05) is 24.3 Å². The van der Waals surface area contributed by atoms with Crippen LogP contribution in [0.5, 0.6) is 0 Å². The van der Waals surface area contributed by atoms with Crippen LogP contribution < -0.4 is 10.0 Å². The molecular formula is C21H16N4O3S. The lowest BCUT2D eigenvalue weighted by atomic mass is 10.1. The van der Waals surface area contributed by atoms with E-state index < -0.39 is 10.0 Å². The van der Waals surface area contributed by atoms with E-state index in [1.54, 1.807) is 24.4 Å². The SMILES string of the molecule is O=C(Nc1ccc2ncccc2c1)c1ccc(S(=O)(=O)Nc2ccncc2)cc1. The maximum Gasteiger partial charge on any atom is 0.261 e. The van der Waals surface area contributed by atoms with Gasteiger partial charge in [0.15, 0.2) is 0 Å². The summed E-state index contributed by atoms with van der Waals surface area (Å²) in [5, 5.41) is 3.72. The van der Waals surface area contributed by atoms with Crippen LogP contribution in [0.1, 0.15) is 10.4 Å². The Hall–Kier alpha value is -3.78. The van der Waals surface area contributed by atoms with Crippen molar-refractivity contribution in [1.29, 1.82) is 0 Å². The number of hydrogen-bond acceptors (Lipinski definition) is 5. The minimum absolute atomic E-state index is 0.0580. The van der Waals surface area contributed by atoms with E-state index in [0.29, 0.717) is 16.9 Å². The van der Waals surface area contributed by atoms with Crippen LogP contribution in [0.4, 0.5) is 11.4 Å². The summed E-state index contributed by atoms with van der Waals surface area (Å²) in [6, 6.07) is 18.0. The second-order valence-corrected chi connectivity index (χ2v) is 7.91. The molecule has 29 heavy (non-hydrogen) atoms. The topological polar surface area (TPSA) is 101 Å². The molecule has 4 aromatic rings. The molecule has 2 N–H and O–H groups in total. The van der Waals surface area contributed by atoms with Gasteiger partial charge in [-0.15, -0.1) is 0 Å². The zero-order chi connectivity index (χ0) is 20.3. The van der Waals surface area contributed by atoms with Crippen molar-refractivity contribution in [1.82, 2.24) is 9.97 Å². The van der Waals surface area contributed by atoms with Gasteiger partial charge in [0, 0.05) is 35.2 Å². The van der Waals surface area contributed by atoms with Crippen molar-refractivity contribution in [2.24, 2.45) is 0 Å². The number of nitrogens with zero attached hydrogens (tertiary/aromatic N) is 2. The first kappa shape index (κ1) is 18.6. The van der Waals surface area contributed by atoms with Gasteiger partial charge in [-0.05, 0) is 60.7 Å². The van der Waals surface area contributed by atoms with Gasteiger partial charge in [0.25, 0.3) is 15.9 Å². The van der Waals surface area contributed by atoms with Gasteiger partial charge in [0.05, 0.1) is 16.1 Å². The molecule has 0 unspecified atom stereocenters. The van der Waals surface area contributed by atoms with Crippen molar-refractivity contribution in [2.45, 2.75) is 4.90 Å². The first-order valence-electron chi connectivity index (χ1n) is 8.70. The number of carbonyl (C=O) groups excluding carboxylic acids is 1. The third kappa shape index (κ3) is 4.22. The van der Waals surface area contributed by atoms with Crippen LogP contribution >= 0.6 is 0 Å². The molecule has 7 nitrogen and oxygen atoms in total. The maximum absolute atomic E-state index is 12.5. The monoisotopic (exact) mass is 404 g/mol. The Kier molecular flexibility index (Phi) is 4.92. The molecule has 0 radical (unpaired) electrons. The number of hydrogen-bond donors (Lipinski definition) is 2. The van der Waals surface area contributed by atoms with Crippen molar-refractivity contribution in [3.05, 3.63) is 90.9 Å². The molecule has 0 atom stereocenters. The lowest BCUT2D eigenvalue weighted by Gasteiger charge is -2.09. The number of nitrogens with one attached hydrogen (secondary N) is 2. The largest absolute Gasteiger partial charge is 0.322 e. The number of fused-ring (bicyclic) bond motifs is 1. The molecule has 0 saturated heterocycles. The second-order valence-electron chi connectivity index (χ2n) is 6.23. The highest BCUT2D eigenvalue weighted by molar-refractivity contribution is 7.92. The van der Waals surface area contributed by atoms with E-state index in [-0.39, 0.29) is 10.8 Å². The van der Waals surface area contributed by atoms with Crippen LogP contribution in [0.15, 0.2) is 90.2 Å². The zero-order valence-electron chi connectivity index (χ0n) is 15.1. The van der Waals surface area contributed by atoms with E-state index in [9.17, 15) is 13.2 Å². The van der Waals surface area contributed by atoms with Gasteiger partial charge >= 0.3 is 0 Å². The number of amides is 1. The van der Waals surface area contributed by atoms with Crippen molar-refractivity contribution in [3.8, 4) is 0 Å². The summed E-state index contributed by atoms with van der Waals surface area (Å²) in [5.41, 5.74) is 2.22. The molecule has 2 aromatic carbocycles. The number of anilines is 2. The second kappa shape index (κ2) is 7.69. The van der Waals surface area contributed by atoms with E-state index in [1.165, 1.54) is 36.7 Å². The maximum atomic E-state index is 12.5. The van der Waals surface area contributed by atoms with Crippen LogP contribution in [-0.2, 0) is 10.0 Å². The van der Waals surface area contributed by atoms with Gasteiger partial charge in [-0.1, -0.05) is 6.07 Å². The Morgan fingerprint density at radius 1 is 0.828 bits per heavy atom. The molecule has 0 aliphatic rings. The molecule has 0 spiro atoms. The van der Waals surface area contributed by atoms with Crippen LogP contribution in [0.3, 0.4) is 0 Å². The van der Waals surface area contributed by atoms with Gasteiger partial charge in [0.1, 0.15) is 0 Å². The summed E-state index contributed by atoms with van der Waals surface area (Å²) < 4.78 is 27.4. The molecule has 2 aromatic heterocycles. The first-order valence-corrected chi connectivity index (χ1v) is 10.2. The van der Waals surface area contributed by atoms with E-state index >= 15 is 0 Å². The van der Waals surface area contributed by atoms with Gasteiger partial charge in [0.2, 0.25) is 0 Å². The molecular weight excluding hydrogens is 388 g/mol. The summed E-state index contributed by atoms with van der Waals surface area (Å²) in [6.45, 7) is 0. The molecule has 0 saturated carbocycles. The van der Waals surface area contributed by atoms with Crippen molar-refractivity contribution >= 4 is 38.2 Å². The lowest BCUT2D eigenvalue weighted by molar-refractivity contribution is 0.102. The third-order valence-corrected chi connectivity index (χ3v) is 5.62. The van der Waals surface area contributed by atoms with Gasteiger partial charge in [-0.3, -0.25) is 19.5 Å². The predicted molar refractivity (Wildman–Crippen MR) is 111 cm³/mol. The molecule has 0 aliphatic carbocycles. The third-order valence-electron chi connectivity index (χ3n) is 4.22. The number of rotatable bonds is 5. The Bertz CT molecular complexity index is 1270. The van der Waals surface area contributed by atoms with Gasteiger partial charge < -0.3 is 5.32 Å². The standard InChI is InChI=1S/C21H16N4O3S/c26-21(24-18-5-8-20-16(14-18)2-1-11-23-20)15-3-6-19(7-4-15)29(27,28)25-17-9-12-22-13-10-17/h1-14H,(H,22,25)(H,24,26). The zero-order valence-corrected chi connectivity index (χ0v) is 15.9. The normalized spacial score (nSPS) is 11.2. The summed E-state index contributed by atoms with van der Waals surface area (Å²) in [7, 11) is -3.76. The Labute approximate surface area is 167 Å². The van der Waals surface area contributed by atoms with E-state index in [2.05, 4.69) is 20.0 Å². The van der Waals surface area contributed by atoms with Crippen LogP contribution in [-0.4, -0.2) is 24.3 Å². The summed E-state index contributed by atoms with van der Waals surface area (Å²) in [5.74, 6) is -0.334. The molecule has 1 amide bonds. The quantitative estimate of drug-likeness (QED) is 0.528. The molecule has 0 bridgehead atoms. The van der Waals surface area contributed by atoms with Crippen molar-refractivity contribution < 1.29 is 13.2 Å². The number of sulfonamides is 1. The summed E-state index contributed by atoms with van der Waals surface area (Å²) >= 11 is 0. The molecule has 2 heterocycles. The molecule has 0 fully saturated rings. The number of aromatic nitrogens is 2. The molecule has 144 valence electrons. The Morgan fingerprint density at radius 3 is 2.34 bits per heavy atom. The molecule has 4 rings (SSSR count). The minimum Gasteiger partial charge on any atom is -0.322 e. The van der Waals surface area contributed by atoms with Crippen LogP contribution in [0, 0.1) is 0 Å². The van der Waals surface area contributed by atoms with E-state index in [0.717, 1.165) is 10.9 Å². The fourth-order valence-corrected chi connectivity index (χ4v) is 3.83. The summed E-state index contributed by atoms with van der Waals surface area (Å²) in [4.78, 5) is 20.7. The predicted octanol–water partition coefficient (Wildman–Crippen LogP) is 3.68. The lowest BCUT2D eigenvalue weighted by Crippen LogP contribution is -2.14. The highest BCUT2D eigenvalue weighted by Crippen LogP contribution is 2.19. The fraction of sp³-hybridized carbons (Fsp3) is 0.